The van der Waals surface area contributed by atoms with Gasteiger partial charge in [-0.3, -0.25) is 4.79 Å². The summed E-state index contributed by atoms with van der Waals surface area (Å²) in [6.45, 7) is 1.67. The molecule has 1 heterocycles. The molecular formula is C13H14FNO4. The Bertz CT molecular complexity index is 497. The third-order valence-corrected chi connectivity index (χ3v) is 3.06. The fraction of sp³-hybridized carbons (Fsp3) is 0.385. The Balaban J connectivity index is 2.04. The number of anilines is 1. The number of amides is 1. The van der Waals surface area contributed by atoms with Crippen molar-refractivity contribution in [2.24, 2.45) is 0 Å². The Hall–Kier alpha value is -1.95. The minimum absolute atomic E-state index is 0.106. The van der Waals surface area contributed by atoms with Gasteiger partial charge in [-0.05, 0) is 31.4 Å². The quantitative estimate of drug-likeness (QED) is 0.874. The molecule has 1 saturated heterocycles. The number of aliphatic carboxylic acids is 1. The van der Waals surface area contributed by atoms with Crippen molar-refractivity contribution in [2.75, 3.05) is 5.32 Å². The highest BCUT2D eigenvalue weighted by atomic mass is 19.1. The second-order valence-electron chi connectivity index (χ2n) is 4.45. The van der Waals surface area contributed by atoms with E-state index >= 15 is 0 Å². The van der Waals surface area contributed by atoms with Crippen LogP contribution in [0.1, 0.15) is 18.4 Å². The van der Waals surface area contributed by atoms with Gasteiger partial charge in [-0.1, -0.05) is 12.1 Å². The number of para-hydroxylation sites is 1. The maximum atomic E-state index is 13.6. The molecule has 102 valence electrons. The molecule has 2 N–H and O–H groups in total. The van der Waals surface area contributed by atoms with Gasteiger partial charge in [-0.2, -0.15) is 0 Å². The lowest BCUT2D eigenvalue weighted by atomic mass is 10.1. The first-order valence-electron chi connectivity index (χ1n) is 5.93. The minimum atomic E-state index is -1.09. The molecule has 2 rings (SSSR count). The van der Waals surface area contributed by atoms with E-state index in [0.29, 0.717) is 12.0 Å². The maximum Gasteiger partial charge on any atom is 0.332 e. The molecule has 2 unspecified atom stereocenters. The summed E-state index contributed by atoms with van der Waals surface area (Å²) in [4.78, 5) is 22.6. The summed E-state index contributed by atoms with van der Waals surface area (Å²) in [5.74, 6) is -2.13. The van der Waals surface area contributed by atoms with Crippen LogP contribution in [0.4, 0.5) is 10.1 Å². The van der Waals surface area contributed by atoms with Crippen molar-refractivity contribution in [3.05, 3.63) is 29.6 Å². The van der Waals surface area contributed by atoms with Gasteiger partial charge in [-0.15, -0.1) is 0 Å². The monoisotopic (exact) mass is 267 g/mol. The average molecular weight is 267 g/mol. The van der Waals surface area contributed by atoms with Crippen LogP contribution in [-0.2, 0) is 14.3 Å². The Morgan fingerprint density at radius 2 is 2.05 bits per heavy atom. The molecule has 0 bridgehead atoms. The number of halogens is 1. The first kappa shape index (κ1) is 13.5. The molecular weight excluding hydrogens is 253 g/mol. The third-order valence-electron chi connectivity index (χ3n) is 3.06. The molecule has 5 nitrogen and oxygen atoms in total. The second-order valence-corrected chi connectivity index (χ2v) is 4.45. The number of rotatable bonds is 3. The van der Waals surface area contributed by atoms with Crippen molar-refractivity contribution >= 4 is 17.6 Å². The standard InChI is InChI=1S/C13H14FNO4/c1-7-3-2-4-8(14)11(7)15-12(16)9-5-6-10(19-9)13(17)18/h2-4,9-10H,5-6H2,1H3,(H,15,16)(H,17,18). The van der Waals surface area contributed by atoms with Crippen molar-refractivity contribution in [3.8, 4) is 0 Å². The number of carbonyl (C=O) groups excluding carboxylic acids is 1. The van der Waals surface area contributed by atoms with E-state index < -0.39 is 29.9 Å². The summed E-state index contributed by atoms with van der Waals surface area (Å²) >= 11 is 0. The molecule has 19 heavy (non-hydrogen) atoms. The molecule has 1 aliphatic rings. The molecule has 0 saturated carbocycles. The van der Waals surface area contributed by atoms with Crippen LogP contribution in [0.25, 0.3) is 0 Å². The molecule has 0 spiro atoms. The third kappa shape index (κ3) is 2.90. The number of hydrogen-bond acceptors (Lipinski definition) is 3. The zero-order chi connectivity index (χ0) is 14.0. The van der Waals surface area contributed by atoms with E-state index in [4.69, 9.17) is 9.84 Å². The molecule has 1 amide bonds. The van der Waals surface area contributed by atoms with Gasteiger partial charge in [0.15, 0.2) is 6.10 Å². The number of carboxylic acid groups (broad SMARTS) is 1. The van der Waals surface area contributed by atoms with Gasteiger partial charge in [0, 0.05) is 0 Å². The first-order valence-corrected chi connectivity index (χ1v) is 5.93. The van der Waals surface area contributed by atoms with Crippen LogP contribution in [0.2, 0.25) is 0 Å². The lowest BCUT2D eigenvalue weighted by Crippen LogP contribution is -2.30. The molecule has 0 radical (unpaired) electrons. The zero-order valence-electron chi connectivity index (χ0n) is 10.4. The lowest BCUT2D eigenvalue weighted by Gasteiger charge is -2.13. The summed E-state index contributed by atoms with van der Waals surface area (Å²) in [7, 11) is 0. The molecule has 0 aromatic heterocycles. The first-order chi connectivity index (χ1) is 8.99. The minimum Gasteiger partial charge on any atom is -0.479 e. The maximum absolute atomic E-state index is 13.6. The summed E-state index contributed by atoms with van der Waals surface area (Å²) in [6, 6.07) is 4.47. The number of ether oxygens (including phenoxy) is 1. The van der Waals surface area contributed by atoms with Crippen molar-refractivity contribution in [3.63, 3.8) is 0 Å². The summed E-state index contributed by atoms with van der Waals surface area (Å²) in [5.41, 5.74) is 0.705. The SMILES string of the molecule is Cc1cccc(F)c1NC(=O)C1CCC(C(=O)O)O1. The lowest BCUT2D eigenvalue weighted by molar-refractivity contribution is -0.150. The number of benzene rings is 1. The highest BCUT2D eigenvalue weighted by Gasteiger charge is 2.35. The van der Waals surface area contributed by atoms with Gasteiger partial charge < -0.3 is 15.2 Å². The number of nitrogens with one attached hydrogen (secondary N) is 1. The van der Waals surface area contributed by atoms with Gasteiger partial charge in [0.05, 0.1) is 5.69 Å². The Kier molecular flexibility index (Phi) is 3.80. The van der Waals surface area contributed by atoms with E-state index in [0.717, 1.165) is 0 Å². The molecule has 6 heteroatoms. The van der Waals surface area contributed by atoms with Crippen molar-refractivity contribution in [1.29, 1.82) is 0 Å². The Morgan fingerprint density at radius 3 is 2.63 bits per heavy atom. The average Bonchev–Trinajstić information content (AvgIpc) is 2.83. The van der Waals surface area contributed by atoms with Gasteiger partial charge in [0.25, 0.3) is 5.91 Å². The molecule has 1 fully saturated rings. The van der Waals surface area contributed by atoms with Gasteiger partial charge in [-0.25, -0.2) is 9.18 Å². The molecule has 1 aromatic carbocycles. The smallest absolute Gasteiger partial charge is 0.332 e. The van der Waals surface area contributed by atoms with Crippen LogP contribution in [0, 0.1) is 12.7 Å². The zero-order valence-corrected chi connectivity index (χ0v) is 10.4. The van der Waals surface area contributed by atoms with E-state index in [2.05, 4.69) is 5.32 Å². The number of aryl methyl sites for hydroxylation is 1. The van der Waals surface area contributed by atoms with E-state index in [9.17, 15) is 14.0 Å². The van der Waals surface area contributed by atoms with E-state index in [1.54, 1.807) is 19.1 Å². The van der Waals surface area contributed by atoms with Crippen LogP contribution >= 0.6 is 0 Å². The van der Waals surface area contributed by atoms with Crippen LogP contribution in [0.5, 0.6) is 0 Å². The van der Waals surface area contributed by atoms with E-state index in [-0.39, 0.29) is 12.1 Å². The van der Waals surface area contributed by atoms with Gasteiger partial charge in [0.1, 0.15) is 11.9 Å². The number of hydrogen-bond donors (Lipinski definition) is 2. The fourth-order valence-corrected chi connectivity index (χ4v) is 2.01. The predicted octanol–water partition coefficient (Wildman–Crippen LogP) is 1.70. The van der Waals surface area contributed by atoms with Gasteiger partial charge >= 0.3 is 5.97 Å². The van der Waals surface area contributed by atoms with Crippen LogP contribution < -0.4 is 5.32 Å². The highest BCUT2D eigenvalue weighted by molar-refractivity contribution is 5.95. The van der Waals surface area contributed by atoms with Crippen LogP contribution in [-0.4, -0.2) is 29.2 Å². The summed E-state index contributed by atoms with van der Waals surface area (Å²) in [6.07, 6.45) is -1.21. The van der Waals surface area contributed by atoms with Crippen molar-refractivity contribution < 1.29 is 23.8 Å². The van der Waals surface area contributed by atoms with Crippen LogP contribution in [0.3, 0.4) is 0 Å². The Morgan fingerprint density at radius 1 is 1.37 bits per heavy atom. The molecule has 0 aliphatic carbocycles. The topological polar surface area (TPSA) is 75.6 Å². The molecule has 2 atom stereocenters. The summed E-state index contributed by atoms with van der Waals surface area (Å²) in [5, 5.41) is 11.2. The normalized spacial score (nSPS) is 22.2. The van der Waals surface area contributed by atoms with Crippen molar-refractivity contribution in [1.82, 2.24) is 0 Å². The largest absolute Gasteiger partial charge is 0.479 e. The highest BCUT2D eigenvalue weighted by Crippen LogP contribution is 2.23. The number of carbonyl (C=O) groups is 2. The fourth-order valence-electron chi connectivity index (χ4n) is 2.01. The van der Waals surface area contributed by atoms with Gasteiger partial charge in [0.2, 0.25) is 0 Å². The molecule has 1 aliphatic heterocycles. The Labute approximate surface area is 109 Å². The second kappa shape index (κ2) is 5.36. The van der Waals surface area contributed by atoms with E-state index in [1.807, 2.05) is 0 Å². The predicted molar refractivity (Wildman–Crippen MR) is 65.3 cm³/mol. The van der Waals surface area contributed by atoms with E-state index in [1.165, 1.54) is 6.07 Å². The number of carboxylic acids is 1. The van der Waals surface area contributed by atoms with Crippen molar-refractivity contribution in [2.45, 2.75) is 32.0 Å². The van der Waals surface area contributed by atoms with Crippen LogP contribution in [0.15, 0.2) is 18.2 Å². The summed E-state index contributed by atoms with van der Waals surface area (Å²) < 4.78 is 18.7. The molecule has 1 aromatic rings.